The molecule has 0 aliphatic heterocycles. The minimum Gasteiger partial charge on any atom is -0.497 e. The maximum Gasteiger partial charge on any atom is 0.120 e. The van der Waals surface area contributed by atoms with Gasteiger partial charge in [0.1, 0.15) is 5.75 Å². The fourth-order valence-corrected chi connectivity index (χ4v) is 2.17. The van der Waals surface area contributed by atoms with E-state index in [1.807, 2.05) is 18.2 Å². The molecule has 0 aromatic heterocycles. The van der Waals surface area contributed by atoms with Crippen molar-refractivity contribution in [1.29, 1.82) is 0 Å². The van der Waals surface area contributed by atoms with Crippen molar-refractivity contribution in [2.75, 3.05) is 13.7 Å². The molecule has 1 aromatic carbocycles. The van der Waals surface area contributed by atoms with Gasteiger partial charge in [-0.15, -0.1) is 0 Å². The summed E-state index contributed by atoms with van der Waals surface area (Å²) in [6.45, 7) is 5.12. The molecule has 2 nitrogen and oxygen atoms in total. The Morgan fingerprint density at radius 1 is 1.38 bits per heavy atom. The maximum atomic E-state index is 6.24. The van der Waals surface area contributed by atoms with Gasteiger partial charge >= 0.3 is 0 Å². The molecule has 1 aromatic rings. The molecule has 1 rings (SSSR count). The fraction of sp³-hybridized carbons (Fsp3) is 0.538. The molecule has 0 amide bonds. The van der Waals surface area contributed by atoms with Crippen LogP contribution < -0.4 is 10.5 Å². The molecule has 3 heteroatoms. The second-order valence-corrected chi connectivity index (χ2v) is 4.64. The first-order chi connectivity index (χ1) is 7.60. The molecular formula is C13H20ClNO. The van der Waals surface area contributed by atoms with E-state index in [2.05, 4.69) is 13.8 Å². The summed E-state index contributed by atoms with van der Waals surface area (Å²) in [4.78, 5) is 0. The van der Waals surface area contributed by atoms with E-state index in [0.717, 1.165) is 23.7 Å². The molecule has 0 bridgehead atoms. The van der Waals surface area contributed by atoms with E-state index >= 15 is 0 Å². The van der Waals surface area contributed by atoms with Gasteiger partial charge in [0.15, 0.2) is 0 Å². The molecule has 0 aliphatic carbocycles. The molecule has 0 saturated carbocycles. The maximum absolute atomic E-state index is 6.24. The number of methoxy groups -OCH3 is 1. The van der Waals surface area contributed by atoms with Crippen molar-refractivity contribution in [2.45, 2.75) is 26.2 Å². The average molecular weight is 242 g/mol. The Morgan fingerprint density at radius 3 is 2.56 bits per heavy atom. The number of benzene rings is 1. The van der Waals surface area contributed by atoms with E-state index in [1.54, 1.807) is 7.11 Å². The van der Waals surface area contributed by atoms with Gasteiger partial charge in [0.05, 0.1) is 7.11 Å². The number of hydrogen-bond acceptors (Lipinski definition) is 2. The molecule has 0 fully saturated rings. The third-order valence-corrected chi connectivity index (χ3v) is 3.50. The summed E-state index contributed by atoms with van der Waals surface area (Å²) in [5.41, 5.74) is 6.75. The largest absolute Gasteiger partial charge is 0.497 e. The first kappa shape index (κ1) is 13.3. The van der Waals surface area contributed by atoms with Crippen molar-refractivity contribution < 1.29 is 4.74 Å². The first-order valence-electron chi connectivity index (χ1n) is 5.63. The van der Waals surface area contributed by atoms with Crippen LogP contribution in [0.4, 0.5) is 0 Å². The lowest BCUT2D eigenvalue weighted by Gasteiger charge is -2.21. The molecule has 0 radical (unpaired) electrons. The van der Waals surface area contributed by atoms with Crippen LogP contribution >= 0.6 is 11.6 Å². The minimum atomic E-state index is 0.418. The van der Waals surface area contributed by atoms with Crippen LogP contribution in [0, 0.1) is 5.92 Å². The van der Waals surface area contributed by atoms with Crippen LogP contribution in [0.25, 0.3) is 0 Å². The highest BCUT2D eigenvalue weighted by molar-refractivity contribution is 6.31. The molecule has 0 aliphatic rings. The van der Waals surface area contributed by atoms with Crippen molar-refractivity contribution in [3.63, 3.8) is 0 Å². The van der Waals surface area contributed by atoms with Gasteiger partial charge in [0.2, 0.25) is 0 Å². The van der Waals surface area contributed by atoms with Crippen LogP contribution in [-0.4, -0.2) is 13.7 Å². The number of ether oxygens (including phenoxy) is 1. The summed E-state index contributed by atoms with van der Waals surface area (Å²) in [5, 5.41) is 0.774. The van der Waals surface area contributed by atoms with Crippen molar-refractivity contribution in [3.05, 3.63) is 28.8 Å². The highest BCUT2D eigenvalue weighted by Crippen LogP contribution is 2.33. The molecule has 0 saturated heterocycles. The highest BCUT2D eigenvalue weighted by Gasteiger charge is 2.16. The van der Waals surface area contributed by atoms with Crippen LogP contribution in [0.3, 0.4) is 0 Å². The zero-order valence-corrected chi connectivity index (χ0v) is 10.9. The second-order valence-electron chi connectivity index (χ2n) is 4.23. The topological polar surface area (TPSA) is 35.2 Å². The van der Waals surface area contributed by atoms with Crippen molar-refractivity contribution >= 4 is 11.6 Å². The van der Waals surface area contributed by atoms with E-state index in [4.69, 9.17) is 22.1 Å². The Labute approximate surface area is 103 Å². The van der Waals surface area contributed by atoms with Gasteiger partial charge < -0.3 is 10.5 Å². The van der Waals surface area contributed by atoms with Crippen molar-refractivity contribution in [1.82, 2.24) is 0 Å². The van der Waals surface area contributed by atoms with E-state index in [-0.39, 0.29) is 0 Å². The predicted molar refractivity (Wildman–Crippen MR) is 69.3 cm³/mol. The van der Waals surface area contributed by atoms with E-state index < -0.39 is 0 Å². The van der Waals surface area contributed by atoms with E-state index in [9.17, 15) is 0 Å². The predicted octanol–water partition coefficient (Wildman–Crippen LogP) is 3.44. The zero-order chi connectivity index (χ0) is 12.1. The summed E-state index contributed by atoms with van der Waals surface area (Å²) in [7, 11) is 1.64. The summed E-state index contributed by atoms with van der Waals surface area (Å²) >= 11 is 6.24. The van der Waals surface area contributed by atoms with Gasteiger partial charge in [-0.2, -0.15) is 0 Å². The van der Waals surface area contributed by atoms with Crippen LogP contribution in [0.1, 0.15) is 31.7 Å². The lowest BCUT2D eigenvalue weighted by molar-refractivity contribution is 0.413. The normalized spacial score (nSPS) is 14.6. The summed E-state index contributed by atoms with van der Waals surface area (Å²) in [5.74, 6) is 1.75. The Morgan fingerprint density at radius 2 is 2.06 bits per heavy atom. The quantitative estimate of drug-likeness (QED) is 0.857. The SMILES string of the molecule is COc1ccc(C(C)C(C)CCN)c(Cl)c1. The summed E-state index contributed by atoms with van der Waals surface area (Å²) < 4.78 is 5.13. The highest BCUT2D eigenvalue weighted by atomic mass is 35.5. The van der Waals surface area contributed by atoms with Crippen molar-refractivity contribution in [2.24, 2.45) is 11.7 Å². The molecule has 0 heterocycles. The molecule has 2 unspecified atom stereocenters. The number of rotatable bonds is 5. The van der Waals surface area contributed by atoms with E-state index in [1.165, 1.54) is 5.56 Å². The molecule has 90 valence electrons. The zero-order valence-electron chi connectivity index (χ0n) is 10.2. The molecule has 0 spiro atoms. The monoisotopic (exact) mass is 241 g/mol. The van der Waals surface area contributed by atoms with Crippen molar-refractivity contribution in [3.8, 4) is 5.75 Å². The standard InChI is InChI=1S/C13H20ClNO/c1-9(6-7-15)10(2)12-5-4-11(16-3)8-13(12)14/h4-5,8-10H,6-7,15H2,1-3H3. The Hall–Kier alpha value is -0.730. The van der Waals surface area contributed by atoms with Gasteiger partial charge in [-0.3, -0.25) is 0 Å². The number of halogens is 1. The van der Waals surface area contributed by atoms with Crippen LogP contribution in [0.2, 0.25) is 5.02 Å². The van der Waals surface area contributed by atoms with Crippen LogP contribution in [-0.2, 0) is 0 Å². The minimum absolute atomic E-state index is 0.418. The van der Waals surface area contributed by atoms with Crippen LogP contribution in [0.5, 0.6) is 5.75 Å². The third kappa shape index (κ3) is 3.13. The van der Waals surface area contributed by atoms with Crippen LogP contribution in [0.15, 0.2) is 18.2 Å². The molecule has 16 heavy (non-hydrogen) atoms. The van der Waals surface area contributed by atoms with Gasteiger partial charge in [-0.1, -0.05) is 31.5 Å². The second kappa shape index (κ2) is 6.12. The molecule has 2 N–H and O–H groups in total. The average Bonchev–Trinajstić information content (AvgIpc) is 2.28. The lowest BCUT2D eigenvalue weighted by atomic mass is 9.87. The number of hydrogen-bond donors (Lipinski definition) is 1. The summed E-state index contributed by atoms with van der Waals surface area (Å²) in [6, 6.07) is 5.86. The Kier molecular flexibility index (Phi) is 5.10. The lowest BCUT2D eigenvalue weighted by Crippen LogP contribution is -2.12. The van der Waals surface area contributed by atoms with Gasteiger partial charge in [-0.25, -0.2) is 0 Å². The summed E-state index contributed by atoms with van der Waals surface area (Å²) in [6.07, 6.45) is 1.02. The molecular weight excluding hydrogens is 222 g/mol. The van der Waals surface area contributed by atoms with Gasteiger partial charge in [0, 0.05) is 5.02 Å². The Balaban J connectivity index is 2.87. The smallest absolute Gasteiger partial charge is 0.120 e. The first-order valence-corrected chi connectivity index (χ1v) is 6.01. The fourth-order valence-electron chi connectivity index (χ4n) is 1.82. The van der Waals surface area contributed by atoms with E-state index in [0.29, 0.717) is 11.8 Å². The Bertz CT molecular complexity index is 341. The van der Waals surface area contributed by atoms with Gasteiger partial charge in [0.25, 0.3) is 0 Å². The molecule has 2 atom stereocenters. The van der Waals surface area contributed by atoms with Gasteiger partial charge in [-0.05, 0) is 42.5 Å². The number of nitrogens with two attached hydrogens (primary N) is 1. The third-order valence-electron chi connectivity index (χ3n) is 3.17.